The molecule has 1 spiro atoms. The number of fused-ring (bicyclic) bond motifs is 10. The Bertz CT molecular complexity index is 1980. The van der Waals surface area contributed by atoms with Crippen molar-refractivity contribution in [1.82, 2.24) is 0 Å². The first kappa shape index (κ1) is 25.6. The maximum atomic E-state index is 4.31. The van der Waals surface area contributed by atoms with Crippen LogP contribution in [0.25, 0.3) is 16.7 Å². The zero-order chi connectivity index (χ0) is 29.3. The van der Waals surface area contributed by atoms with E-state index in [1.807, 2.05) is 0 Å². The molecule has 1 heterocycles. The number of anilines is 2. The molecule has 1 aliphatic heterocycles. The zero-order valence-electron chi connectivity index (χ0n) is 24.9. The first-order valence-electron chi connectivity index (χ1n) is 16.1. The number of para-hydroxylation sites is 1. The van der Waals surface area contributed by atoms with Gasteiger partial charge in [0, 0.05) is 34.7 Å². The molecular formula is C43H35N. The van der Waals surface area contributed by atoms with Crippen molar-refractivity contribution in [2.24, 2.45) is 11.8 Å². The minimum atomic E-state index is -0.000296. The van der Waals surface area contributed by atoms with Gasteiger partial charge in [-0.3, -0.25) is 0 Å². The molecule has 0 fully saturated rings. The molecule has 0 aromatic heterocycles. The molecule has 1 heteroatoms. The van der Waals surface area contributed by atoms with Crippen LogP contribution in [-0.4, -0.2) is 0 Å². The largest absolute Gasteiger partial charge is 0.317 e. The van der Waals surface area contributed by atoms with Crippen molar-refractivity contribution in [1.29, 1.82) is 0 Å². The summed E-state index contributed by atoms with van der Waals surface area (Å²) >= 11 is 0. The van der Waals surface area contributed by atoms with E-state index in [4.69, 9.17) is 0 Å². The van der Waals surface area contributed by atoms with Crippen LogP contribution in [0.2, 0.25) is 0 Å². The van der Waals surface area contributed by atoms with Crippen LogP contribution in [0.3, 0.4) is 0 Å². The molecule has 0 bridgehead atoms. The number of rotatable bonds is 2. The topological polar surface area (TPSA) is 3.24 Å². The summed E-state index contributed by atoms with van der Waals surface area (Å²) in [6.07, 6.45) is 29.6. The molecule has 5 aliphatic carbocycles. The van der Waals surface area contributed by atoms with Gasteiger partial charge in [0.05, 0.1) is 5.69 Å². The summed E-state index contributed by atoms with van der Waals surface area (Å²) in [5.41, 5.74) is 16.6. The van der Waals surface area contributed by atoms with E-state index in [1.54, 1.807) is 22.3 Å². The van der Waals surface area contributed by atoms with Crippen LogP contribution in [0.5, 0.6) is 0 Å². The molecule has 3 atom stereocenters. The van der Waals surface area contributed by atoms with Crippen LogP contribution >= 0.6 is 0 Å². The second kappa shape index (κ2) is 9.82. The molecule has 0 radical (unpaired) electrons. The van der Waals surface area contributed by atoms with Crippen LogP contribution in [-0.2, 0) is 5.41 Å². The van der Waals surface area contributed by atoms with Crippen LogP contribution < -0.4 is 4.90 Å². The predicted octanol–water partition coefficient (Wildman–Crippen LogP) is 10.8. The molecule has 0 saturated heterocycles. The Morgan fingerprint density at radius 2 is 1.43 bits per heavy atom. The Morgan fingerprint density at radius 1 is 0.705 bits per heavy atom. The molecule has 0 N–H and O–H groups in total. The number of benzene rings is 3. The van der Waals surface area contributed by atoms with Gasteiger partial charge in [0.25, 0.3) is 0 Å². The molecule has 9 rings (SSSR count). The zero-order valence-corrected chi connectivity index (χ0v) is 24.9. The highest BCUT2D eigenvalue weighted by atomic mass is 15.1. The third-order valence-electron chi connectivity index (χ3n) is 10.9. The van der Waals surface area contributed by atoms with E-state index in [-0.39, 0.29) is 5.41 Å². The fourth-order valence-corrected chi connectivity index (χ4v) is 9.06. The number of hydrogen-bond donors (Lipinski definition) is 0. The average molecular weight is 566 g/mol. The lowest BCUT2D eigenvalue weighted by Crippen LogP contribution is -2.39. The van der Waals surface area contributed by atoms with Crippen molar-refractivity contribution in [3.63, 3.8) is 0 Å². The quantitative estimate of drug-likeness (QED) is 0.299. The summed E-state index contributed by atoms with van der Waals surface area (Å²) in [4.78, 5) is 2.28. The average Bonchev–Trinajstić information content (AvgIpc) is 3.55. The molecule has 212 valence electrons. The van der Waals surface area contributed by atoms with Crippen LogP contribution in [0.1, 0.15) is 47.9 Å². The minimum absolute atomic E-state index is 0.000296. The molecule has 0 saturated carbocycles. The summed E-state index contributed by atoms with van der Waals surface area (Å²) in [6.45, 7) is 4.31. The van der Waals surface area contributed by atoms with Crippen molar-refractivity contribution in [3.05, 3.63) is 185 Å². The van der Waals surface area contributed by atoms with Crippen molar-refractivity contribution < 1.29 is 0 Å². The number of nitrogens with zero attached hydrogens (tertiary/aromatic N) is 1. The van der Waals surface area contributed by atoms with Gasteiger partial charge in [-0.25, -0.2) is 0 Å². The minimum Gasteiger partial charge on any atom is -0.317 e. The van der Waals surface area contributed by atoms with E-state index >= 15 is 0 Å². The summed E-state index contributed by atoms with van der Waals surface area (Å²) in [5.74, 6) is 0.986. The molecule has 6 aliphatic rings. The van der Waals surface area contributed by atoms with Gasteiger partial charge in [-0.2, -0.15) is 0 Å². The maximum Gasteiger partial charge on any atom is 0.0533 e. The fraction of sp³-hybridized carbons (Fsp3) is 0.163. The summed E-state index contributed by atoms with van der Waals surface area (Å²) in [6, 6.07) is 27.1. The summed E-state index contributed by atoms with van der Waals surface area (Å²) in [5, 5.41) is 0. The highest BCUT2D eigenvalue weighted by molar-refractivity contribution is 5.88. The predicted molar refractivity (Wildman–Crippen MR) is 185 cm³/mol. The third kappa shape index (κ3) is 3.53. The van der Waals surface area contributed by atoms with Crippen molar-refractivity contribution in [2.75, 3.05) is 4.90 Å². The molecule has 44 heavy (non-hydrogen) atoms. The number of hydrogen-bond acceptors (Lipinski definition) is 1. The Labute approximate surface area is 260 Å². The van der Waals surface area contributed by atoms with Gasteiger partial charge in [0.15, 0.2) is 0 Å². The van der Waals surface area contributed by atoms with Gasteiger partial charge in [-0.1, -0.05) is 116 Å². The van der Waals surface area contributed by atoms with E-state index in [9.17, 15) is 0 Å². The van der Waals surface area contributed by atoms with Crippen LogP contribution in [0, 0.1) is 11.8 Å². The van der Waals surface area contributed by atoms with Crippen LogP contribution in [0.15, 0.2) is 163 Å². The van der Waals surface area contributed by atoms with Crippen molar-refractivity contribution in [2.45, 2.75) is 31.1 Å². The molecule has 3 aromatic rings. The smallest absolute Gasteiger partial charge is 0.0533 e. The lowest BCUT2D eigenvalue weighted by atomic mass is 9.60. The molecule has 0 amide bonds. The van der Waals surface area contributed by atoms with Gasteiger partial charge in [0.2, 0.25) is 0 Å². The molecular weight excluding hydrogens is 530 g/mol. The van der Waals surface area contributed by atoms with E-state index in [0.717, 1.165) is 48.2 Å². The maximum absolute atomic E-state index is 4.31. The highest BCUT2D eigenvalue weighted by Gasteiger charge is 2.60. The van der Waals surface area contributed by atoms with Crippen molar-refractivity contribution >= 4 is 28.1 Å². The van der Waals surface area contributed by atoms with E-state index in [0.29, 0.717) is 11.8 Å². The van der Waals surface area contributed by atoms with E-state index in [1.165, 1.54) is 22.3 Å². The summed E-state index contributed by atoms with van der Waals surface area (Å²) in [7, 11) is 0. The van der Waals surface area contributed by atoms with Crippen LogP contribution in [0.4, 0.5) is 11.4 Å². The second-order valence-corrected chi connectivity index (χ2v) is 12.8. The van der Waals surface area contributed by atoms with Gasteiger partial charge >= 0.3 is 0 Å². The van der Waals surface area contributed by atoms with Gasteiger partial charge in [0.1, 0.15) is 0 Å². The SMILES string of the molecule is C=C1/C=C\C=C/N(c2ccc(C3=CC4=C(CC3)C3=CC=CCC3C43c4ccccc4C4=CC=CC[C@@H]43)cc2)c2ccccc21. The number of allylic oxidation sites excluding steroid dienone is 16. The second-order valence-electron chi connectivity index (χ2n) is 12.8. The van der Waals surface area contributed by atoms with Gasteiger partial charge in [-0.05, 0) is 100 Å². The van der Waals surface area contributed by atoms with E-state index < -0.39 is 0 Å². The standard InChI is InChI=1S/C43H35N/c1-29-12-10-11-27-44(42-20-9-5-13-33(29)42)32-24-21-30(22-25-32)31-23-26-37-36-16-4-8-19-40(36)43(41(37)28-31)38-17-6-2-14-34(38)35-15-3-7-18-39(35)43/h2-17,20-22,24-25,27-28,39-40H,1,18-19,23,26H2/b12-10-,27-11-/t39-,40?,43?/m0/s1. The van der Waals surface area contributed by atoms with E-state index in [2.05, 4.69) is 151 Å². The molecule has 1 nitrogen and oxygen atoms in total. The fourth-order valence-electron chi connectivity index (χ4n) is 9.06. The summed E-state index contributed by atoms with van der Waals surface area (Å²) < 4.78 is 0. The monoisotopic (exact) mass is 565 g/mol. The first-order chi connectivity index (χ1) is 21.7. The van der Waals surface area contributed by atoms with Gasteiger partial charge < -0.3 is 4.90 Å². The first-order valence-corrected chi connectivity index (χ1v) is 16.1. The Balaban J connectivity index is 1.15. The normalized spacial score (nSPS) is 27.3. The Morgan fingerprint density at radius 3 is 2.27 bits per heavy atom. The Kier molecular flexibility index (Phi) is 5.72. The third-order valence-corrected chi connectivity index (χ3v) is 10.9. The lowest BCUT2D eigenvalue weighted by molar-refractivity contribution is 0.318. The molecule has 3 aromatic carbocycles. The Hall–Kier alpha value is -4.88. The lowest BCUT2D eigenvalue weighted by Gasteiger charge is -2.42. The molecule has 2 unspecified atom stereocenters. The van der Waals surface area contributed by atoms with Crippen molar-refractivity contribution in [3.8, 4) is 0 Å². The van der Waals surface area contributed by atoms with Gasteiger partial charge in [-0.15, -0.1) is 0 Å². The highest BCUT2D eigenvalue weighted by Crippen LogP contribution is 2.68.